The molecule has 9 heteroatoms. The molecule has 3 atom stereocenters. The van der Waals surface area contributed by atoms with Crippen LogP contribution in [0.1, 0.15) is 30.3 Å². The summed E-state index contributed by atoms with van der Waals surface area (Å²) in [7, 11) is 0. The molecule has 0 bridgehead atoms. The third-order valence-corrected chi connectivity index (χ3v) is 6.38. The first kappa shape index (κ1) is 19.9. The van der Waals surface area contributed by atoms with Crippen LogP contribution in [0.25, 0.3) is 10.9 Å². The van der Waals surface area contributed by atoms with E-state index in [4.69, 9.17) is 0 Å². The van der Waals surface area contributed by atoms with Crippen LogP contribution in [-0.4, -0.2) is 49.3 Å². The number of para-hydroxylation sites is 1. The topological polar surface area (TPSA) is 97.2 Å². The Morgan fingerprint density at radius 3 is 2.71 bits per heavy atom. The Morgan fingerprint density at radius 2 is 1.94 bits per heavy atom. The van der Waals surface area contributed by atoms with E-state index in [1.54, 1.807) is 27.8 Å². The third kappa shape index (κ3) is 3.63. The molecular weight excluding hydrogens is 462 g/mol. The van der Waals surface area contributed by atoms with E-state index >= 15 is 0 Å². The second kappa shape index (κ2) is 7.56. The SMILES string of the molecule is CC(=O)c1nn(CC(=O)N2[C@@H]3C[C@@H]3C[C@H]2C(=O)Nc2cccc(Br)n2)c2ccccc12. The monoisotopic (exact) mass is 481 g/mol. The summed E-state index contributed by atoms with van der Waals surface area (Å²) in [5, 5.41) is 7.94. The lowest BCUT2D eigenvalue weighted by Crippen LogP contribution is -2.46. The van der Waals surface area contributed by atoms with Crippen LogP contribution in [-0.2, 0) is 16.1 Å². The van der Waals surface area contributed by atoms with Gasteiger partial charge in [0.2, 0.25) is 11.8 Å². The van der Waals surface area contributed by atoms with E-state index in [-0.39, 0.29) is 30.2 Å². The maximum atomic E-state index is 13.3. The molecule has 1 N–H and O–H groups in total. The maximum Gasteiger partial charge on any atom is 0.248 e. The summed E-state index contributed by atoms with van der Waals surface area (Å²) in [6.45, 7) is 1.45. The van der Waals surface area contributed by atoms with Gasteiger partial charge in [-0.25, -0.2) is 4.98 Å². The molecule has 5 rings (SSSR count). The molecule has 2 amide bonds. The number of halogens is 1. The number of nitrogens with one attached hydrogen (secondary N) is 1. The number of fused-ring (bicyclic) bond motifs is 2. The summed E-state index contributed by atoms with van der Waals surface area (Å²) in [6, 6.07) is 12.2. The Kier molecular flexibility index (Phi) is 4.85. The van der Waals surface area contributed by atoms with Gasteiger partial charge in [-0.3, -0.25) is 19.1 Å². The van der Waals surface area contributed by atoms with Crippen molar-refractivity contribution in [3.63, 3.8) is 0 Å². The van der Waals surface area contributed by atoms with Gasteiger partial charge in [0.25, 0.3) is 0 Å². The van der Waals surface area contributed by atoms with Gasteiger partial charge in [-0.05, 0) is 52.9 Å². The highest BCUT2D eigenvalue weighted by Gasteiger charge is 2.56. The van der Waals surface area contributed by atoms with Crippen molar-refractivity contribution in [2.45, 2.75) is 38.4 Å². The number of carbonyl (C=O) groups excluding carboxylic acids is 3. The van der Waals surface area contributed by atoms with Crippen LogP contribution in [0, 0.1) is 5.92 Å². The Hall–Kier alpha value is -3.07. The standard InChI is InChI=1S/C22H20BrN5O3/c1-12(29)21-14-5-2-3-6-15(14)27(26-21)11-20(30)28-16-9-13(16)10-17(28)22(31)25-19-8-4-7-18(23)24-19/h2-8,13,16-17H,9-11H2,1H3,(H,24,25,31)/t13-,16-,17+/m1/s1. The maximum absolute atomic E-state index is 13.3. The molecule has 1 aromatic carbocycles. The lowest BCUT2D eigenvalue weighted by Gasteiger charge is -2.26. The molecular formula is C22H20BrN5O3. The number of hydrogen-bond donors (Lipinski definition) is 1. The molecule has 158 valence electrons. The van der Waals surface area contributed by atoms with Gasteiger partial charge in [0.05, 0.1) is 5.52 Å². The highest BCUT2D eigenvalue weighted by molar-refractivity contribution is 9.10. The quantitative estimate of drug-likeness (QED) is 0.446. The second-order valence-electron chi connectivity index (χ2n) is 8.03. The van der Waals surface area contributed by atoms with Crippen LogP contribution >= 0.6 is 15.9 Å². The Morgan fingerprint density at radius 1 is 1.13 bits per heavy atom. The van der Waals surface area contributed by atoms with E-state index in [2.05, 4.69) is 31.3 Å². The molecule has 31 heavy (non-hydrogen) atoms. The average Bonchev–Trinajstić information content (AvgIpc) is 3.24. The van der Waals surface area contributed by atoms with E-state index in [1.165, 1.54) is 6.92 Å². The van der Waals surface area contributed by atoms with E-state index in [0.29, 0.717) is 28.5 Å². The number of pyridine rings is 1. The Labute approximate surface area is 186 Å². The number of anilines is 1. The molecule has 2 fully saturated rings. The number of aromatic nitrogens is 3. The number of amides is 2. The minimum Gasteiger partial charge on any atom is -0.326 e. The van der Waals surface area contributed by atoms with Gasteiger partial charge in [-0.1, -0.05) is 24.3 Å². The van der Waals surface area contributed by atoms with Crippen molar-refractivity contribution >= 4 is 50.2 Å². The second-order valence-corrected chi connectivity index (χ2v) is 8.84. The van der Waals surface area contributed by atoms with Crippen LogP contribution in [0.5, 0.6) is 0 Å². The number of hydrogen-bond acceptors (Lipinski definition) is 5. The van der Waals surface area contributed by atoms with Gasteiger partial charge in [0, 0.05) is 18.4 Å². The summed E-state index contributed by atoms with van der Waals surface area (Å²) < 4.78 is 2.19. The van der Waals surface area contributed by atoms with Gasteiger partial charge in [-0.2, -0.15) is 5.10 Å². The fraction of sp³-hybridized carbons (Fsp3) is 0.318. The number of Topliss-reactive ketones (excluding diaryl/α,β-unsaturated/α-hetero) is 1. The molecule has 2 aromatic heterocycles. The highest BCUT2D eigenvalue weighted by Crippen LogP contribution is 2.48. The molecule has 0 radical (unpaired) electrons. The van der Waals surface area contributed by atoms with Crippen molar-refractivity contribution in [1.29, 1.82) is 0 Å². The fourth-order valence-corrected chi connectivity index (χ4v) is 4.80. The van der Waals surface area contributed by atoms with Crippen LogP contribution in [0.15, 0.2) is 47.1 Å². The summed E-state index contributed by atoms with van der Waals surface area (Å²) >= 11 is 3.30. The van der Waals surface area contributed by atoms with Crippen LogP contribution < -0.4 is 5.32 Å². The minimum atomic E-state index is -0.536. The zero-order valence-electron chi connectivity index (χ0n) is 16.8. The molecule has 0 spiro atoms. The van der Waals surface area contributed by atoms with E-state index in [1.807, 2.05) is 24.3 Å². The van der Waals surface area contributed by atoms with E-state index < -0.39 is 6.04 Å². The largest absolute Gasteiger partial charge is 0.326 e. The lowest BCUT2D eigenvalue weighted by molar-refractivity contribution is -0.138. The van der Waals surface area contributed by atoms with E-state index in [0.717, 1.165) is 17.3 Å². The summed E-state index contributed by atoms with van der Waals surface area (Å²) in [6.07, 6.45) is 1.57. The number of rotatable bonds is 5. The molecule has 3 aromatic rings. The van der Waals surface area contributed by atoms with Crippen molar-refractivity contribution in [2.24, 2.45) is 5.92 Å². The average molecular weight is 482 g/mol. The first-order chi connectivity index (χ1) is 14.9. The van der Waals surface area contributed by atoms with Gasteiger partial charge < -0.3 is 10.2 Å². The first-order valence-corrected chi connectivity index (χ1v) is 10.9. The van der Waals surface area contributed by atoms with Crippen LogP contribution in [0.2, 0.25) is 0 Å². The van der Waals surface area contributed by atoms with Gasteiger partial charge >= 0.3 is 0 Å². The van der Waals surface area contributed by atoms with Crippen molar-refractivity contribution in [3.05, 3.63) is 52.8 Å². The number of carbonyl (C=O) groups is 3. The zero-order valence-corrected chi connectivity index (χ0v) is 18.4. The summed E-state index contributed by atoms with van der Waals surface area (Å²) in [5.41, 5.74) is 1.08. The molecule has 0 unspecified atom stereocenters. The number of piperidine rings is 1. The molecule has 1 saturated carbocycles. The highest BCUT2D eigenvalue weighted by atomic mass is 79.9. The summed E-state index contributed by atoms with van der Waals surface area (Å²) in [5.74, 6) is 0.245. The Bertz CT molecular complexity index is 1220. The molecule has 2 aliphatic rings. The number of ketones is 1. The number of likely N-dealkylation sites (tertiary alicyclic amines) is 1. The number of nitrogens with zero attached hydrogens (tertiary/aromatic N) is 4. The van der Waals surface area contributed by atoms with Gasteiger partial charge in [-0.15, -0.1) is 0 Å². The first-order valence-electron chi connectivity index (χ1n) is 10.1. The van der Waals surface area contributed by atoms with Gasteiger partial charge in [0.15, 0.2) is 5.78 Å². The summed E-state index contributed by atoms with van der Waals surface area (Å²) in [4.78, 5) is 44.1. The van der Waals surface area contributed by atoms with Crippen LogP contribution in [0.4, 0.5) is 5.82 Å². The fourth-order valence-electron chi connectivity index (χ4n) is 4.45. The zero-order chi connectivity index (χ0) is 21.7. The van der Waals surface area contributed by atoms with Crippen molar-refractivity contribution in [3.8, 4) is 0 Å². The van der Waals surface area contributed by atoms with Gasteiger partial charge in [0.1, 0.15) is 28.7 Å². The predicted octanol–water partition coefficient (Wildman–Crippen LogP) is 3.02. The smallest absolute Gasteiger partial charge is 0.248 e. The lowest BCUT2D eigenvalue weighted by atomic mass is 10.1. The molecule has 1 aliphatic carbocycles. The van der Waals surface area contributed by atoms with Crippen molar-refractivity contribution < 1.29 is 14.4 Å². The normalized spacial score (nSPS) is 21.7. The van der Waals surface area contributed by atoms with Crippen LogP contribution in [0.3, 0.4) is 0 Å². The minimum absolute atomic E-state index is 0.0179. The van der Waals surface area contributed by atoms with E-state index in [9.17, 15) is 14.4 Å². The predicted molar refractivity (Wildman–Crippen MR) is 117 cm³/mol. The Balaban J connectivity index is 1.38. The third-order valence-electron chi connectivity index (χ3n) is 5.94. The molecule has 3 heterocycles. The van der Waals surface area contributed by atoms with Crippen molar-refractivity contribution in [1.82, 2.24) is 19.7 Å². The molecule has 8 nitrogen and oxygen atoms in total. The molecule has 1 aliphatic heterocycles. The molecule has 1 saturated heterocycles. The van der Waals surface area contributed by atoms with Crippen molar-refractivity contribution in [2.75, 3.05) is 5.32 Å². The number of benzene rings is 1.